The third kappa shape index (κ3) is 19.7. The number of rotatable bonds is 19. The normalized spacial score (nSPS) is 12.7. The van der Waals surface area contributed by atoms with E-state index in [-0.39, 0.29) is 13.2 Å². The van der Waals surface area contributed by atoms with Gasteiger partial charge in [-0.05, 0) is 12.8 Å². The van der Waals surface area contributed by atoms with Gasteiger partial charge in [-0.15, -0.1) is 0 Å². The first-order chi connectivity index (χ1) is 11.3. The van der Waals surface area contributed by atoms with Crippen LogP contribution in [0.3, 0.4) is 0 Å². The van der Waals surface area contributed by atoms with Gasteiger partial charge in [0.05, 0.1) is 52.9 Å². The molecule has 0 radical (unpaired) electrons. The minimum atomic E-state index is -0.608. The summed E-state index contributed by atoms with van der Waals surface area (Å²) in [7, 11) is 0. The van der Waals surface area contributed by atoms with Crippen LogP contribution in [0.15, 0.2) is 0 Å². The summed E-state index contributed by atoms with van der Waals surface area (Å²) in [4.78, 5) is 0. The zero-order chi connectivity index (χ0) is 17.0. The number of hydrogen-bond donors (Lipinski definition) is 1. The van der Waals surface area contributed by atoms with Crippen molar-refractivity contribution >= 4 is 0 Å². The summed E-state index contributed by atoms with van der Waals surface area (Å²) in [5.41, 5.74) is 0. The van der Waals surface area contributed by atoms with Crippen molar-refractivity contribution in [2.75, 3.05) is 66.1 Å². The van der Waals surface area contributed by atoms with Crippen molar-refractivity contribution < 1.29 is 28.8 Å². The molecule has 0 rings (SSSR count). The van der Waals surface area contributed by atoms with Gasteiger partial charge < -0.3 is 28.8 Å². The zero-order valence-electron chi connectivity index (χ0n) is 15.0. The molecule has 1 N–H and O–H groups in total. The Hall–Kier alpha value is -0.240. The molecule has 6 nitrogen and oxygen atoms in total. The van der Waals surface area contributed by atoms with E-state index in [1.54, 1.807) is 0 Å². The van der Waals surface area contributed by atoms with Crippen LogP contribution in [0.5, 0.6) is 0 Å². The fourth-order valence-electron chi connectivity index (χ4n) is 1.64. The smallest absolute Gasteiger partial charge is 0.101 e. The molecule has 0 aromatic carbocycles. The van der Waals surface area contributed by atoms with Crippen molar-refractivity contribution in [3.05, 3.63) is 0 Å². The van der Waals surface area contributed by atoms with Crippen molar-refractivity contribution in [1.29, 1.82) is 0 Å². The highest BCUT2D eigenvalue weighted by molar-refractivity contribution is 4.51. The third-order valence-electron chi connectivity index (χ3n) is 3.02. The Bertz CT molecular complexity index is 215. The predicted octanol–water partition coefficient (Wildman–Crippen LogP) is 2.03. The van der Waals surface area contributed by atoms with Gasteiger partial charge >= 0.3 is 0 Å². The Kier molecular flexibility index (Phi) is 19.6. The molecule has 0 unspecified atom stereocenters. The number of ether oxygens (including phenoxy) is 5. The standard InChI is InChI=1S/C17H36O6/c1-3-5-7-19-9-10-21-12-14-23-16-17(18)15-22-13-11-20-8-6-4-2/h17-18H,3-16H2,1-2H3/t17-/m1/s1. The lowest BCUT2D eigenvalue weighted by atomic mass is 10.4. The Balaban J connectivity index is 3.11. The van der Waals surface area contributed by atoms with E-state index in [0.29, 0.717) is 39.6 Å². The molecule has 6 heteroatoms. The molecule has 0 heterocycles. The number of hydrogen-bond acceptors (Lipinski definition) is 6. The second-order valence-corrected chi connectivity index (χ2v) is 5.35. The molecule has 0 fully saturated rings. The highest BCUT2D eigenvalue weighted by Gasteiger charge is 2.04. The highest BCUT2D eigenvalue weighted by Crippen LogP contribution is 1.91. The molecule has 0 aromatic rings. The Morgan fingerprint density at radius 1 is 0.565 bits per heavy atom. The molecule has 1 atom stereocenters. The summed E-state index contributed by atoms with van der Waals surface area (Å²) >= 11 is 0. The first-order valence-corrected chi connectivity index (χ1v) is 8.88. The average molecular weight is 336 g/mol. The quantitative estimate of drug-likeness (QED) is 0.364. The molecule has 0 bridgehead atoms. The van der Waals surface area contributed by atoms with Gasteiger partial charge in [-0.2, -0.15) is 0 Å². The van der Waals surface area contributed by atoms with Crippen LogP contribution in [0.2, 0.25) is 0 Å². The van der Waals surface area contributed by atoms with Gasteiger partial charge in [0.1, 0.15) is 6.10 Å². The molecule has 0 aromatic heterocycles. The van der Waals surface area contributed by atoms with E-state index >= 15 is 0 Å². The molecule has 0 spiro atoms. The first kappa shape index (κ1) is 22.8. The van der Waals surface area contributed by atoms with Crippen LogP contribution in [0.4, 0.5) is 0 Å². The maximum atomic E-state index is 9.66. The van der Waals surface area contributed by atoms with Crippen LogP contribution in [-0.4, -0.2) is 77.3 Å². The lowest BCUT2D eigenvalue weighted by molar-refractivity contribution is -0.0444. The minimum Gasteiger partial charge on any atom is -0.388 e. The number of aliphatic hydroxyl groups is 1. The van der Waals surface area contributed by atoms with Gasteiger partial charge in [0.2, 0.25) is 0 Å². The van der Waals surface area contributed by atoms with Gasteiger partial charge in [0, 0.05) is 13.2 Å². The molecule has 23 heavy (non-hydrogen) atoms. The van der Waals surface area contributed by atoms with E-state index in [0.717, 1.165) is 38.9 Å². The first-order valence-electron chi connectivity index (χ1n) is 8.88. The molecule has 0 aliphatic rings. The van der Waals surface area contributed by atoms with Crippen molar-refractivity contribution in [2.45, 2.75) is 45.6 Å². The largest absolute Gasteiger partial charge is 0.388 e. The zero-order valence-corrected chi connectivity index (χ0v) is 15.0. The summed E-state index contributed by atoms with van der Waals surface area (Å²) in [6.07, 6.45) is 3.83. The Morgan fingerprint density at radius 3 is 1.30 bits per heavy atom. The van der Waals surface area contributed by atoms with Crippen molar-refractivity contribution in [3.63, 3.8) is 0 Å². The van der Waals surface area contributed by atoms with Crippen LogP contribution in [0.25, 0.3) is 0 Å². The van der Waals surface area contributed by atoms with E-state index in [4.69, 9.17) is 23.7 Å². The topological polar surface area (TPSA) is 66.4 Å². The van der Waals surface area contributed by atoms with Crippen LogP contribution in [-0.2, 0) is 23.7 Å². The van der Waals surface area contributed by atoms with E-state index in [1.807, 2.05) is 0 Å². The molecule has 140 valence electrons. The molecular formula is C17H36O6. The van der Waals surface area contributed by atoms with Gasteiger partial charge in [0.15, 0.2) is 0 Å². The second-order valence-electron chi connectivity index (χ2n) is 5.35. The van der Waals surface area contributed by atoms with Gasteiger partial charge in [-0.25, -0.2) is 0 Å². The maximum Gasteiger partial charge on any atom is 0.101 e. The van der Waals surface area contributed by atoms with Gasteiger partial charge in [-0.3, -0.25) is 0 Å². The van der Waals surface area contributed by atoms with E-state index in [9.17, 15) is 5.11 Å². The van der Waals surface area contributed by atoms with Crippen molar-refractivity contribution in [3.8, 4) is 0 Å². The molecule has 0 aliphatic carbocycles. The number of aliphatic hydroxyl groups excluding tert-OH is 1. The van der Waals surface area contributed by atoms with Crippen LogP contribution < -0.4 is 0 Å². The maximum absolute atomic E-state index is 9.66. The fourth-order valence-corrected chi connectivity index (χ4v) is 1.64. The summed E-state index contributed by atoms with van der Waals surface area (Å²) in [5.74, 6) is 0. The Labute approximate surface area is 141 Å². The molecule has 0 aliphatic heterocycles. The number of unbranched alkanes of at least 4 members (excludes halogenated alkanes) is 2. The van der Waals surface area contributed by atoms with Gasteiger partial charge in [-0.1, -0.05) is 26.7 Å². The van der Waals surface area contributed by atoms with E-state index in [1.165, 1.54) is 0 Å². The lowest BCUT2D eigenvalue weighted by Crippen LogP contribution is -2.24. The monoisotopic (exact) mass is 336 g/mol. The SMILES string of the molecule is CCCCOCCOCCOC[C@H](O)COCCOCCCC. The minimum absolute atomic E-state index is 0.257. The van der Waals surface area contributed by atoms with E-state index in [2.05, 4.69) is 13.8 Å². The van der Waals surface area contributed by atoms with Crippen LogP contribution in [0, 0.1) is 0 Å². The molecular weight excluding hydrogens is 300 g/mol. The van der Waals surface area contributed by atoms with Crippen LogP contribution in [0.1, 0.15) is 39.5 Å². The second kappa shape index (κ2) is 19.8. The van der Waals surface area contributed by atoms with Crippen molar-refractivity contribution in [1.82, 2.24) is 0 Å². The van der Waals surface area contributed by atoms with Crippen molar-refractivity contribution in [2.24, 2.45) is 0 Å². The Morgan fingerprint density at radius 2 is 0.913 bits per heavy atom. The highest BCUT2D eigenvalue weighted by atomic mass is 16.6. The van der Waals surface area contributed by atoms with E-state index < -0.39 is 6.10 Å². The molecule has 0 saturated heterocycles. The predicted molar refractivity (Wildman–Crippen MR) is 89.9 cm³/mol. The average Bonchev–Trinajstić information content (AvgIpc) is 2.55. The van der Waals surface area contributed by atoms with Crippen LogP contribution >= 0.6 is 0 Å². The summed E-state index contributed by atoms with van der Waals surface area (Å²) in [5, 5.41) is 9.66. The fraction of sp³-hybridized carbons (Fsp3) is 1.00. The summed E-state index contributed by atoms with van der Waals surface area (Å²) in [6, 6.07) is 0. The molecule has 0 saturated carbocycles. The molecule has 0 amide bonds. The summed E-state index contributed by atoms with van der Waals surface area (Å²) < 4.78 is 26.7. The third-order valence-corrected chi connectivity index (χ3v) is 3.02. The van der Waals surface area contributed by atoms with Gasteiger partial charge in [0.25, 0.3) is 0 Å². The summed E-state index contributed by atoms with van der Waals surface area (Å²) in [6.45, 7) is 9.61. The lowest BCUT2D eigenvalue weighted by Gasteiger charge is -2.12.